The lowest BCUT2D eigenvalue weighted by Gasteiger charge is -2.42. The van der Waals surface area contributed by atoms with E-state index in [4.69, 9.17) is 0 Å². The molecule has 1 atom stereocenters. The van der Waals surface area contributed by atoms with Gasteiger partial charge in [-0.2, -0.15) is 0 Å². The normalized spacial score (nSPS) is 24.2. The summed E-state index contributed by atoms with van der Waals surface area (Å²) in [7, 11) is 0. The molecule has 1 spiro atoms. The molecular weight excluding hydrogens is 376 g/mol. The number of likely N-dealkylation sites (tertiary alicyclic amines) is 1. The Kier molecular flexibility index (Phi) is 6.52. The summed E-state index contributed by atoms with van der Waals surface area (Å²) in [5, 5.41) is 0. The van der Waals surface area contributed by atoms with Crippen LogP contribution in [0.1, 0.15) is 51.0 Å². The second-order valence-corrected chi connectivity index (χ2v) is 8.93. The number of aromatic nitrogens is 1. The Morgan fingerprint density at radius 2 is 2.03 bits per heavy atom. The monoisotopic (exact) mass is 410 g/mol. The van der Waals surface area contributed by atoms with E-state index in [1.807, 2.05) is 30.2 Å². The van der Waals surface area contributed by atoms with Gasteiger partial charge in [-0.15, -0.1) is 0 Å². The van der Waals surface area contributed by atoms with Crippen LogP contribution in [0.4, 0.5) is 4.79 Å². The fourth-order valence-electron chi connectivity index (χ4n) is 5.38. The lowest BCUT2D eigenvalue weighted by Crippen LogP contribution is -2.57. The number of hydrogen-bond donors (Lipinski definition) is 0. The van der Waals surface area contributed by atoms with Gasteiger partial charge in [0.2, 0.25) is 0 Å². The number of rotatable bonds is 7. The van der Waals surface area contributed by atoms with Gasteiger partial charge in [0.1, 0.15) is 5.54 Å². The highest BCUT2D eigenvalue weighted by Crippen LogP contribution is 2.37. The number of urea groups is 1. The van der Waals surface area contributed by atoms with Crippen LogP contribution < -0.4 is 0 Å². The summed E-state index contributed by atoms with van der Waals surface area (Å²) in [6.07, 6.45) is 14.9. The lowest BCUT2D eigenvalue weighted by atomic mass is 9.84. The van der Waals surface area contributed by atoms with Crippen molar-refractivity contribution in [2.45, 2.75) is 57.4 Å². The molecule has 3 aliphatic rings. The number of aryl methyl sites for hydroxylation is 1. The maximum absolute atomic E-state index is 13.4. The van der Waals surface area contributed by atoms with Crippen molar-refractivity contribution in [2.24, 2.45) is 5.92 Å². The molecule has 0 saturated carbocycles. The van der Waals surface area contributed by atoms with Gasteiger partial charge in [-0.3, -0.25) is 14.7 Å². The van der Waals surface area contributed by atoms with E-state index < -0.39 is 5.54 Å². The second-order valence-electron chi connectivity index (χ2n) is 8.93. The number of hydrogen-bond acceptors (Lipinski definition) is 4. The number of carbonyl (C=O) groups is 2. The molecular formula is C24H34N4O2. The summed E-state index contributed by atoms with van der Waals surface area (Å²) < 4.78 is 0. The topological polar surface area (TPSA) is 56.8 Å². The quantitative estimate of drug-likeness (QED) is 0.510. The van der Waals surface area contributed by atoms with Crippen molar-refractivity contribution >= 4 is 11.9 Å². The Balaban J connectivity index is 1.36. The molecule has 0 radical (unpaired) electrons. The van der Waals surface area contributed by atoms with Crippen LogP contribution in [0.5, 0.6) is 0 Å². The Labute approximate surface area is 179 Å². The average molecular weight is 411 g/mol. The minimum atomic E-state index is -0.622. The van der Waals surface area contributed by atoms with E-state index in [9.17, 15) is 9.59 Å². The standard InChI is InChI=1S/C24H34N4O2/c1-2-28-23(30)27(15-7-11-20-10-6-14-25-18-20)22(29)24(28)12-16-26(17-13-24)19-21-8-4-3-5-9-21/h3-4,6,10,14,18,21H,2,5,7-9,11-13,15-17,19H2,1H3/t21-/m1/s1. The van der Waals surface area contributed by atoms with E-state index in [0.29, 0.717) is 13.1 Å². The van der Waals surface area contributed by atoms with Crippen LogP contribution in [-0.4, -0.2) is 69.9 Å². The number of likely N-dealkylation sites (N-methyl/N-ethyl adjacent to an activating group) is 1. The van der Waals surface area contributed by atoms with Gasteiger partial charge in [0, 0.05) is 45.1 Å². The molecule has 4 rings (SSSR count). The number of pyridine rings is 1. The van der Waals surface area contributed by atoms with Gasteiger partial charge >= 0.3 is 6.03 Å². The molecule has 6 heteroatoms. The Hall–Kier alpha value is -2.21. The van der Waals surface area contributed by atoms with Gasteiger partial charge < -0.3 is 9.80 Å². The third-order valence-corrected chi connectivity index (χ3v) is 7.09. The first-order valence-corrected chi connectivity index (χ1v) is 11.5. The first-order valence-electron chi connectivity index (χ1n) is 11.5. The van der Waals surface area contributed by atoms with Gasteiger partial charge in [-0.1, -0.05) is 18.2 Å². The molecule has 162 valence electrons. The van der Waals surface area contributed by atoms with Crippen LogP contribution >= 0.6 is 0 Å². The number of piperidine rings is 1. The van der Waals surface area contributed by atoms with E-state index in [0.717, 1.165) is 56.8 Å². The molecule has 6 nitrogen and oxygen atoms in total. The largest absolute Gasteiger partial charge is 0.327 e. The van der Waals surface area contributed by atoms with Crippen LogP contribution in [0.15, 0.2) is 36.7 Å². The van der Waals surface area contributed by atoms with Gasteiger partial charge in [-0.05, 0) is 69.4 Å². The van der Waals surface area contributed by atoms with Crippen molar-refractivity contribution in [2.75, 3.05) is 32.7 Å². The predicted molar refractivity (Wildman–Crippen MR) is 117 cm³/mol. The molecule has 1 aliphatic carbocycles. The minimum absolute atomic E-state index is 0.0285. The first kappa shape index (κ1) is 21.0. The summed E-state index contributed by atoms with van der Waals surface area (Å²) in [5.74, 6) is 0.761. The Morgan fingerprint density at radius 3 is 2.70 bits per heavy atom. The Bertz CT molecular complexity index is 771. The lowest BCUT2D eigenvalue weighted by molar-refractivity contribution is -0.135. The molecule has 3 amide bonds. The fourth-order valence-corrected chi connectivity index (χ4v) is 5.38. The van der Waals surface area contributed by atoms with E-state index in [1.54, 1.807) is 6.20 Å². The van der Waals surface area contributed by atoms with Crippen LogP contribution in [0.3, 0.4) is 0 Å². The third-order valence-electron chi connectivity index (χ3n) is 7.09. The molecule has 0 bridgehead atoms. The fraction of sp³-hybridized carbons (Fsp3) is 0.625. The molecule has 0 N–H and O–H groups in total. The second kappa shape index (κ2) is 9.29. The SMILES string of the molecule is CCN1C(=O)N(CCCc2cccnc2)C(=O)C12CCN(C[C@@H]1CC=CCC1)CC2. The summed E-state index contributed by atoms with van der Waals surface area (Å²) in [5.41, 5.74) is 0.521. The highest BCUT2D eigenvalue weighted by molar-refractivity contribution is 6.07. The molecule has 1 aromatic rings. The zero-order chi connectivity index (χ0) is 21.0. The highest BCUT2D eigenvalue weighted by atomic mass is 16.2. The van der Waals surface area contributed by atoms with Gasteiger partial charge in [0.05, 0.1) is 0 Å². The number of carbonyl (C=O) groups excluding carboxylic acids is 2. The molecule has 30 heavy (non-hydrogen) atoms. The van der Waals surface area contributed by atoms with Gasteiger partial charge in [0.25, 0.3) is 5.91 Å². The zero-order valence-corrected chi connectivity index (χ0v) is 18.1. The van der Waals surface area contributed by atoms with E-state index in [2.05, 4.69) is 22.0 Å². The first-order chi connectivity index (χ1) is 14.6. The van der Waals surface area contributed by atoms with Crippen LogP contribution in [0.2, 0.25) is 0 Å². The van der Waals surface area contributed by atoms with Crippen LogP contribution in [0.25, 0.3) is 0 Å². The molecule has 0 aromatic carbocycles. The minimum Gasteiger partial charge on any atom is -0.310 e. The van der Waals surface area contributed by atoms with Crippen molar-refractivity contribution in [3.8, 4) is 0 Å². The van der Waals surface area contributed by atoms with Crippen molar-refractivity contribution in [3.05, 3.63) is 42.2 Å². The van der Waals surface area contributed by atoms with E-state index >= 15 is 0 Å². The molecule has 0 unspecified atom stereocenters. The molecule has 2 aliphatic heterocycles. The number of imide groups is 1. The smallest absolute Gasteiger partial charge is 0.310 e. The van der Waals surface area contributed by atoms with Gasteiger partial charge in [0.15, 0.2) is 0 Å². The van der Waals surface area contributed by atoms with E-state index in [1.165, 1.54) is 24.2 Å². The number of amides is 3. The maximum Gasteiger partial charge on any atom is 0.327 e. The molecule has 1 aromatic heterocycles. The average Bonchev–Trinajstić information content (AvgIpc) is 2.97. The summed E-state index contributed by atoms with van der Waals surface area (Å²) >= 11 is 0. The van der Waals surface area contributed by atoms with Crippen LogP contribution in [-0.2, 0) is 11.2 Å². The van der Waals surface area contributed by atoms with Crippen molar-refractivity contribution in [1.82, 2.24) is 19.7 Å². The van der Waals surface area contributed by atoms with E-state index in [-0.39, 0.29) is 11.9 Å². The number of allylic oxidation sites excluding steroid dienone is 2. The third kappa shape index (κ3) is 4.15. The molecule has 2 saturated heterocycles. The highest BCUT2D eigenvalue weighted by Gasteiger charge is 2.57. The summed E-state index contributed by atoms with van der Waals surface area (Å²) in [6, 6.07) is 3.87. The van der Waals surface area contributed by atoms with Crippen molar-refractivity contribution in [1.29, 1.82) is 0 Å². The summed E-state index contributed by atoms with van der Waals surface area (Å²) in [6.45, 7) is 5.99. The Morgan fingerprint density at radius 1 is 1.20 bits per heavy atom. The zero-order valence-electron chi connectivity index (χ0n) is 18.1. The molecule has 2 fully saturated rings. The number of nitrogens with zero attached hydrogens (tertiary/aromatic N) is 4. The van der Waals surface area contributed by atoms with Gasteiger partial charge in [-0.25, -0.2) is 4.79 Å². The summed E-state index contributed by atoms with van der Waals surface area (Å²) in [4.78, 5) is 36.5. The van der Waals surface area contributed by atoms with Crippen LogP contribution in [0, 0.1) is 5.92 Å². The maximum atomic E-state index is 13.4. The molecule has 3 heterocycles. The van der Waals surface area contributed by atoms with Crippen molar-refractivity contribution < 1.29 is 9.59 Å². The van der Waals surface area contributed by atoms with Crippen molar-refractivity contribution in [3.63, 3.8) is 0 Å². The predicted octanol–water partition coefficient (Wildman–Crippen LogP) is 3.49.